The van der Waals surface area contributed by atoms with Gasteiger partial charge in [-0.25, -0.2) is 0 Å². The number of aldehydes is 1. The smallest absolute Gasteiger partial charge is 0.303 e. The van der Waals surface area contributed by atoms with Crippen molar-refractivity contribution in [3.05, 3.63) is 12.2 Å². The fourth-order valence-electron chi connectivity index (χ4n) is 0.688. The summed E-state index contributed by atoms with van der Waals surface area (Å²) in [5.74, 6) is -0.711. The Hall–Kier alpha value is -1.12. The Bertz CT molecular complexity index is 162. The second kappa shape index (κ2) is 14.4. The molecule has 0 saturated carbocycles. The van der Waals surface area contributed by atoms with E-state index in [9.17, 15) is 9.59 Å². The Kier molecular flexibility index (Phi) is 15.8. The molecule has 0 atom stereocenters. The van der Waals surface area contributed by atoms with E-state index in [4.69, 9.17) is 5.11 Å². The number of hydrogen-bond acceptors (Lipinski definition) is 2. The molecule has 14 heavy (non-hydrogen) atoms. The third-order valence-corrected chi connectivity index (χ3v) is 1.40. The maximum atomic E-state index is 9.68. The zero-order chi connectivity index (χ0) is 11.2. The average molecular weight is 200 g/mol. The zero-order valence-corrected chi connectivity index (χ0v) is 9.03. The Labute approximate surface area is 85.8 Å². The van der Waals surface area contributed by atoms with E-state index in [2.05, 4.69) is 6.92 Å². The standard InChI is InChI=1S/C7H12O.C4H8O2/c1-2-3-4-5-6-7-8;1-2-3-4(5)6/h5-7H,2-4H2,1H3;2-3H2,1H3,(H,5,6). The van der Waals surface area contributed by atoms with Gasteiger partial charge in [0.25, 0.3) is 0 Å². The van der Waals surface area contributed by atoms with Gasteiger partial charge in [-0.2, -0.15) is 0 Å². The number of carboxylic acid groups (broad SMARTS) is 1. The van der Waals surface area contributed by atoms with Crippen molar-refractivity contribution in [2.24, 2.45) is 0 Å². The fourth-order valence-corrected chi connectivity index (χ4v) is 0.688. The van der Waals surface area contributed by atoms with Crippen molar-refractivity contribution >= 4 is 12.3 Å². The molecule has 0 aliphatic heterocycles. The van der Waals surface area contributed by atoms with Gasteiger partial charge in [0.2, 0.25) is 0 Å². The lowest BCUT2D eigenvalue weighted by Gasteiger charge is -1.83. The van der Waals surface area contributed by atoms with Crippen LogP contribution in [0.15, 0.2) is 12.2 Å². The number of rotatable bonds is 6. The van der Waals surface area contributed by atoms with Gasteiger partial charge in [0, 0.05) is 6.42 Å². The van der Waals surface area contributed by atoms with Gasteiger partial charge >= 0.3 is 5.97 Å². The van der Waals surface area contributed by atoms with Crippen LogP contribution in [0.2, 0.25) is 0 Å². The molecule has 0 radical (unpaired) electrons. The molecule has 82 valence electrons. The van der Waals surface area contributed by atoms with Crippen LogP contribution in [-0.2, 0) is 9.59 Å². The van der Waals surface area contributed by atoms with Crippen molar-refractivity contribution in [3.63, 3.8) is 0 Å². The second-order valence-corrected chi connectivity index (χ2v) is 2.85. The van der Waals surface area contributed by atoms with Gasteiger partial charge in [-0.05, 0) is 18.9 Å². The molecule has 3 nitrogen and oxygen atoms in total. The highest BCUT2D eigenvalue weighted by Gasteiger charge is 1.87. The maximum Gasteiger partial charge on any atom is 0.303 e. The third kappa shape index (κ3) is 22.4. The fraction of sp³-hybridized carbons (Fsp3) is 0.636. The lowest BCUT2D eigenvalue weighted by atomic mass is 10.2. The average Bonchev–Trinajstić information content (AvgIpc) is 2.13. The molecule has 0 aromatic carbocycles. The van der Waals surface area contributed by atoms with E-state index in [1.165, 1.54) is 12.8 Å². The van der Waals surface area contributed by atoms with Crippen molar-refractivity contribution in [2.75, 3.05) is 0 Å². The molecule has 0 aromatic heterocycles. The first kappa shape index (κ1) is 15.4. The van der Waals surface area contributed by atoms with E-state index in [1.54, 1.807) is 6.08 Å². The van der Waals surface area contributed by atoms with Crippen molar-refractivity contribution in [3.8, 4) is 0 Å². The number of unbranched alkanes of at least 4 members (excludes halogenated alkanes) is 2. The zero-order valence-electron chi connectivity index (χ0n) is 9.03. The van der Waals surface area contributed by atoms with E-state index in [-0.39, 0.29) is 0 Å². The predicted molar refractivity (Wildman–Crippen MR) is 57.3 cm³/mol. The SMILES string of the molecule is CCCC(=O)O.CCCCC=CC=O. The van der Waals surface area contributed by atoms with Crippen LogP contribution in [-0.4, -0.2) is 17.4 Å². The summed E-state index contributed by atoms with van der Waals surface area (Å²) in [4.78, 5) is 19.3. The van der Waals surface area contributed by atoms with Crippen LogP contribution in [0.5, 0.6) is 0 Å². The van der Waals surface area contributed by atoms with E-state index >= 15 is 0 Å². The van der Waals surface area contributed by atoms with Crippen molar-refractivity contribution in [1.82, 2.24) is 0 Å². The summed E-state index contributed by atoms with van der Waals surface area (Å²) in [5.41, 5.74) is 0. The summed E-state index contributed by atoms with van der Waals surface area (Å²) in [5, 5.41) is 7.91. The molecule has 0 aliphatic rings. The van der Waals surface area contributed by atoms with Crippen molar-refractivity contribution in [2.45, 2.75) is 46.0 Å². The van der Waals surface area contributed by atoms with Crippen LogP contribution in [0.4, 0.5) is 0 Å². The highest BCUT2D eigenvalue weighted by molar-refractivity contribution is 5.66. The summed E-state index contributed by atoms with van der Waals surface area (Å²) < 4.78 is 0. The molecular formula is C11H20O3. The van der Waals surface area contributed by atoms with E-state index in [0.717, 1.165) is 19.1 Å². The van der Waals surface area contributed by atoms with Crippen LogP contribution in [0.3, 0.4) is 0 Å². The maximum absolute atomic E-state index is 9.68. The Morgan fingerprint density at radius 2 is 1.93 bits per heavy atom. The summed E-state index contributed by atoms with van der Waals surface area (Å²) in [6, 6.07) is 0. The molecule has 0 spiro atoms. The predicted octanol–water partition coefficient (Wildman–Crippen LogP) is 2.80. The van der Waals surface area contributed by atoms with Crippen LogP contribution in [0.25, 0.3) is 0 Å². The second-order valence-electron chi connectivity index (χ2n) is 2.85. The summed E-state index contributed by atoms with van der Waals surface area (Å²) in [7, 11) is 0. The van der Waals surface area contributed by atoms with Gasteiger partial charge in [0.1, 0.15) is 6.29 Å². The first-order valence-corrected chi connectivity index (χ1v) is 5.01. The summed E-state index contributed by atoms with van der Waals surface area (Å²) in [6.07, 6.45) is 8.71. The molecule has 0 saturated heterocycles. The lowest BCUT2D eigenvalue weighted by molar-refractivity contribution is -0.137. The minimum Gasteiger partial charge on any atom is -0.481 e. The Morgan fingerprint density at radius 3 is 2.21 bits per heavy atom. The van der Waals surface area contributed by atoms with Gasteiger partial charge in [0.05, 0.1) is 0 Å². The molecule has 0 bridgehead atoms. The number of aliphatic carboxylic acids is 1. The Morgan fingerprint density at radius 1 is 1.29 bits per heavy atom. The lowest BCUT2D eigenvalue weighted by Crippen LogP contribution is -1.90. The topological polar surface area (TPSA) is 54.4 Å². The molecule has 0 rings (SSSR count). The van der Waals surface area contributed by atoms with Gasteiger partial charge in [-0.1, -0.05) is 32.8 Å². The summed E-state index contributed by atoms with van der Waals surface area (Å²) >= 11 is 0. The molecule has 0 heterocycles. The van der Waals surface area contributed by atoms with E-state index in [1.807, 2.05) is 13.0 Å². The first-order valence-electron chi connectivity index (χ1n) is 5.01. The highest BCUT2D eigenvalue weighted by Crippen LogP contribution is 1.93. The van der Waals surface area contributed by atoms with Gasteiger partial charge in [-0.3, -0.25) is 9.59 Å². The molecule has 0 amide bonds. The monoisotopic (exact) mass is 200 g/mol. The van der Waals surface area contributed by atoms with E-state index in [0.29, 0.717) is 6.42 Å². The van der Waals surface area contributed by atoms with Gasteiger partial charge in [-0.15, -0.1) is 0 Å². The number of carbonyl (C=O) groups is 2. The quantitative estimate of drug-likeness (QED) is 0.407. The summed E-state index contributed by atoms with van der Waals surface area (Å²) in [6.45, 7) is 3.98. The Balaban J connectivity index is 0. The molecule has 0 aliphatic carbocycles. The van der Waals surface area contributed by atoms with Crippen LogP contribution in [0, 0.1) is 0 Å². The molecular weight excluding hydrogens is 180 g/mol. The molecule has 0 unspecified atom stereocenters. The minimum atomic E-state index is -0.711. The molecule has 0 aromatic rings. The van der Waals surface area contributed by atoms with Gasteiger partial charge in [0.15, 0.2) is 0 Å². The van der Waals surface area contributed by atoms with Crippen LogP contribution < -0.4 is 0 Å². The van der Waals surface area contributed by atoms with Crippen molar-refractivity contribution < 1.29 is 14.7 Å². The molecule has 1 N–H and O–H groups in total. The normalized spacial score (nSPS) is 9.29. The minimum absolute atomic E-state index is 0.292. The number of allylic oxidation sites excluding steroid dienone is 2. The number of carbonyl (C=O) groups excluding carboxylic acids is 1. The third-order valence-electron chi connectivity index (χ3n) is 1.40. The van der Waals surface area contributed by atoms with Crippen LogP contribution in [0.1, 0.15) is 46.0 Å². The van der Waals surface area contributed by atoms with Crippen molar-refractivity contribution in [1.29, 1.82) is 0 Å². The largest absolute Gasteiger partial charge is 0.481 e. The van der Waals surface area contributed by atoms with Crippen LogP contribution >= 0.6 is 0 Å². The van der Waals surface area contributed by atoms with Gasteiger partial charge < -0.3 is 5.11 Å². The number of carboxylic acids is 1. The first-order chi connectivity index (χ1) is 6.68. The number of hydrogen-bond donors (Lipinski definition) is 1. The molecule has 0 fully saturated rings. The van der Waals surface area contributed by atoms with E-state index < -0.39 is 5.97 Å². The molecule has 3 heteroatoms. The highest BCUT2D eigenvalue weighted by atomic mass is 16.4.